The molecule has 1 aromatic rings. The van der Waals surface area contributed by atoms with E-state index in [2.05, 4.69) is 42.9 Å². The van der Waals surface area contributed by atoms with Crippen LogP contribution in [0.5, 0.6) is 0 Å². The molecule has 21 heavy (non-hydrogen) atoms. The summed E-state index contributed by atoms with van der Waals surface area (Å²) in [6, 6.07) is 0. The smallest absolute Gasteiger partial charge is 0.138 e. The maximum Gasteiger partial charge on any atom is 0.138 e. The number of hydrogen-bond acceptors (Lipinski definition) is 4. The fourth-order valence-corrected chi connectivity index (χ4v) is 3.78. The monoisotopic (exact) mass is 294 g/mol. The van der Waals surface area contributed by atoms with Crippen LogP contribution < -0.4 is 0 Å². The van der Waals surface area contributed by atoms with Crippen LogP contribution in [0.25, 0.3) is 0 Å². The number of rotatable bonds is 6. The summed E-state index contributed by atoms with van der Waals surface area (Å²) in [5.74, 6) is 1.58. The molecule has 2 rings (SSSR count). The number of aromatic nitrogens is 3. The van der Waals surface area contributed by atoms with Gasteiger partial charge in [0, 0.05) is 18.5 Å². The summed E-state index contributed by atoms with van der Waals surface area (Å²) >= 11 is 0. The first kappa shape index (κ1) is 16.4. The number of aliphatic hydroxyl groups is 1. The number of hydrogen-bond donors (Lipinski definition) is 1. The highest BCUT2D eigenvalue weighted by Gasteiger charge is 2.43. The lowest BCUT2D eigenvalue weighted by molar-refractivity contribution is -0.0437. The molecule has 1 aromatic heterocycles. The maximum atomic E-state index is 11.0. The molecule has 120 valence electrons. The third kappa shape index (κ3) is 3.46. The van der Waals surface area contributed by atoms with E-state index in [0.717, 1.165) is 31.6 Å². The largest absolute Gasteiger partial charge is 0.391 e. The summed E-state index contributed by atoms with van der Waals surface area (Å²) in [4.78, 5) is 6.58. The van der Waals surface area contributed by atoms with Crippen LogP contribution in [0.1, 0.15) is 51.8 Å². The Balaban J connectivity index is 2.15. The Morgan fingerprint density at radius 2 is 2.29 bits per heavy atom. The molecule has 0 aromatic carbocycles. The molecule has 1 fully saturated rings. The minimum atomic E-state index is -0.393. The van der Waals surface area contributed by atoms with Gasteiger partial charge < -0.3 is 10.0 Å². The van der Waals surface area contributed by atoms with Crippen molar-refractivity contribution in [3.63, 3.8) is 0 Å². The van der Waals surface area contributed by atoms with Gasteiger partial charge in [0.1, 0.15) is 12.2 Å². The fraction of sp³-hybridized carbons (Fsp3) is 0.875. The van der Waals surface area contributed by atoms with E-state index in [4.69, 9.17) is 0 Å². The van der Waals surface area contributed by atoms with E-state index in [1.807, 2.05) is 4.68 Å². The molecule has 1 aliphatic rings. The van der Waals surface area contributed by atoms with E-state index in [1.54, 1.807) is 6.33 Å². The molecule has 0 amide bonds. The summed E-state index contributed by atoms with van der Waals surface area (Å²) in [5, 5.41) is 15.2. The maximum absolute atomic E-state index is 11.0. The third-order valence-electron chi connectivity index (χ3n) is 5.03. The van der Waals surface area contributed by atoms with Gasteiger partial charge in [-0.2, -0.15) is 5.10 Å². The van der Waals surface area contributed by atoms with E-state index >= 15 is 0 Å². The highest BCUT2D eigenvalue weighted by molar-refractivity contribution is 5.02. The second-order valence-electron chi connectivity index (χ2n) is 6.82. The van der Waals surface area contributed by atoms with Gasteiger partial charge in [-0.15, -0.1) is 0 Å². The Morgan fingerprint density at radius 1 is 1.52 bits per heavy atom. The second kappa shape index (κ2) is 6.88. The zero-order valence-electron chi connectivity index (χ0n) is 13.9. The van der Waals surface area contributed by atoms with E-state index in [9.17, 15) is 5.11 Å². The first-order chi connectivity index (χ1) is 9.99. The highest BCUT2D eigenvalue weighted by atomic mass is 16.3. The second-order valence-corrected chi connectivity index (χ2v) is 6.82. The molecule has 0 bridgehead atoms. The van der Waals surface area contributed by atoms with Gasteiger partial charge in [0.05, 0.1) is 6.10 Å². The fourth-order valence-electron chi connectivity index (χ4n) is 3.78. The van der Waals surface area contributed by atoms with Crippen LogP contribution >= 0.6 is 0 Å². The van der Waals surface area contributed by atoms with Crippen LogP contribution in [0.4, 0.5) is 0 Å². The molecule has 1 saturated carbocycles. The minimum Gasteiger partial charge on any atom is -0.391 e. The van der Waals surface area contributed by atoms with Crippen molar-refractivity contribution in [2.24, 2.45) is 5.92 Å². The van der Waals surface area contributed by atoms with Gasteiger partial charge in [-0.05, 0) is 39.3 Å². The van der Waals surface area contributed by atoms with Crippen molar-refractivity contribution in [1.82, 2.24) is 19.7 Å². The van der Waals surface area contributed by atoms with Crippen molar-refractivity contribution in [3.8, 4) is 0 Å². The quantitative estimate of drug-likeness (QED) is 0.873. The molecule has 0 saturated heterocycles. The molecule has 3 atom stereocenters. The standard InChI is InChI=1S/C16H30N4O/c1-5-9-20-15(17-12-18-20)10-14(21)16(19(3)4)8-6-7-13(2)11-16/h12-14,21H,5-11H2,1-4H3. The Morgan fingerprint density at radius 3 is 2.90 bits per heavy atom. The number of likely N-dealkylation sites (N-methyl/N-ethyl adjacent to an activating group) is 1. The van der Waals surface area contributed by atoms with E-state index in [-0.39, 0.29) is 5.54 Å². The van der Waals surface area contributed by atoms with Crippen molar-refractivity contribution in [2.45, 2.75) is 70.6 Å². The summed E-state index contributed by atoms with van der Waals surface area (Å²) in [6.45, 7) is 5.29. The molecular weight excluding hydrogens is 264 g/mol. The van der Waals surface area contributed by atoms with Crippen LogP contribution in [-0.2, 0) is 13.0 Å². The lowest BCUT2D eigenvalue weighted by Crippen LogP contribution is -2.57. The number of nitrogens with zero attached hydrogens (tertiary/aromatic N) is 4. The Labute approximate surface area is 128 Å². The van der Waals surface area contributed by atoms with Gasteiger partial charge in [-0.25, -0.2) is 4.98 Å². The third-order valence-corrected chi connectivity index (χ3v) is 5.03. The molecule has 3 unspecified atom stereocenters. The molecule has 5 nitrogen and oxygen atoms in total. The van der Waals surface area contributed by atoms with E-state index in [0.29, 0.717) is 12.3 Å². The average Bonchev–Trinajstić information content (AvgIpc) is 2.86. The van der Waals surface area contributed by atoms with Crippen LogP contribution in [-0.4, -0.2) is 50.5 Å². The lowest BCUT2D eigenvalue weighted by Gasteiger charge is -2.48. The summed E-state index contributed by atoms with van der Waals surface area (Å²) in [6.07, 6.45) is 7.41. The molecule has 0 spiro atoms. The molecular formula is C16H30N4O. The predicted octanol–water partition coefficient (Wildman–Crippen LogP) is 2.10. The SMILES string of the molecule is CCCn1ncnc1CC(O)C1(N(C)C)CCCC(C)C1. The average molecular weight is 294 g/mol. The summed E-state index contributed by atoms with van der Waals surface area (Å²) < 4.78 is 1.93. The Kier molecular flexibility index (Phi) is 5.38. The van der Waals surface area contributed by atoms with E-state index in [1.165, 1.54) is 12.8 Å². The predicted molar refractivity (Wildman–Crippen MR) is 84.1 cm³/mol. The van der Waals surface area contributed by atoms with Gasteiger partial charge >= 0.3 is 0 Å². The van der Waals surface area contributed by atoms with Crippen LogP contribution in [0, 0.1) is 5.92 Å². The van der Waals surface area contributed by atoms with Gasteiger partial charge in [-0.3, -0.25) is 4.68 Å². The molecule has 0 radical (unpaired) electrons. The lowest BCUT2D eigenvalue weighted by atomic mass is 9.71. The molecule has 5 heteroatoms. The highest BCUT2D eigenvalue weighted by Crippen LogP contribution is 2.39. The van der Waals surface area contributed by atoms with Crippen LogP contribution in [0.3, 0.4) is 0 Å². The van der Waals surface area contributed by atoms with Crippen molar-refractivity contribution < 1.29 is 5.11 Å². The van der Waals surface area contributed by atoms with Gasteiger partial charge in [0.2, 0.25) is 0 Å². The topological polar surface area (TPSA) is 54.2 Å². The molecule has 1 aliphatic carbocycles. The van der Waals surface area contributed by atoms with Crippen molar-refractivity contribution in [2.75, 3.05) is 14.1 Å². The minimum absolute atomic E-state index is 0.124. The van der Waals surface area contributed by atoms with Gasteiger partial charge in [0.15, 0.2) is 0 Å². The van der Waals surface area contributed by atoms with Crippen molar-refractivity contribution in [1.29, 1.82) is 0 Å². The van der Waals surface area contributed by atoms with Crippen molar-refractivity contribution in [3.05, 3.63) is 12.2 Å². The van der Waals surface area contributed by atoms with Gasteiger partial charge in [0.25, 0.3) is 0 Å². The van der Waals surface area contributed by atoms with Crippen molar-refractivity contribution >= 4 is 0 Å². The summed E-state index contributed by atoms with van der Waals surface area (Å²) in [7, 11) is 4.19. The Bertz CT molecular complexity index is 445. The molecule has 1 heterocycles. The van der Waals surface area contributed by atoms with E-state index < -0.39 is 6.10 Å². The molecule has 1 N–H and O–H groups in total. The van der Waals surface area contributed by atoms with Crippen LogP contribution in [0.15, 0.2) is 6.33 Å². The zero-order chi connectivity index (χ0) is 15.5. The number of aryl methyl sites for hydroxylation is 1. The first-order valence-corrected chi connectivity index (χ1v) is 8.21. The van der Waals surface area contributed by atoms with Crippen LogP contribution in [0.2, 0.25) is 0 Å². The zero-order valence-corrected chi connectivity index (χ0v) is 13.9. The van der Waals surface area contributed by atoms with Gasteiger partial charge in [-0.1, -0.05) is 26.7 Å². The number of aliphatic hydroxyl groups excluding tert-OH is 1. The summed E-state index contributed by atoms with van der Waals surface area (Å²) in [5.41, 5.74) is -0.124. The normalized spacial score (nSPS) is 28.0. The Hall–Kier alpha value is -0.940. The molecule has 0 aliphatic heterocycles. The first-order valence-electron chi connectivity index (χ1n) is 8.21.